The Hall–Kier alpha value is -1.60. The summed E-state index contributed by atoms with van der Waals surface area (Å²) < 4.78 is 5.72. The highest BCUT2D eigenvalue weighted by Crippen LogP contribution is 2.38. The molecule has 0 bridgehead atoms. The van der Waals surface area contributed by atoms with E-state index in [4.69, 9.17) is 10.5 Å². The molecule has 26 heavy (non-hydrogen) atoms. The lowest BCUT2D eigenvalue weighted by Gasteiger charge is -2.34. The first-order valence-corrected chi connectivity index (χ1v) is 9.98. The Morgan fingerprint density at radius 3 is 2.77 bits per heavy atom. The number of hydrogen-bond donors (Lipinski definition) is 3. The number of fused-ring (bicyclic) bond motifs is 1. The second-order valence-corrected chi connectivity index (χ2v) is 7.48. The van der Waals surface area contributed by atoms with Crippen LogP contribution in [-0.4, -0.2) is 75.0 Å². The van der Waals surface area contributed by atoms with E-state index < -0.39 is 35.6 Å². The molecule has 2 unspecified atom stereocenters. The van der Waals surface area contributed by atoms with Gasteiger partial charge in [0.05, 0.1) is 12.4 Å². The van der Waals surface area contributed by atoms with Gasteiger partial charge in [-0.05, 0) is 19.6 Å². The van der Waals surface area contributed by atoms with Gasteiger partial charge in [0.1, 0.15) is 18.0 Å². The number of thioether (sulfide) groups is 1. The second kappa shape index (κ2) is 7.56. The van der Waals surface area contributed by atoms with Crippen LogP contribution >= 0.6 is 11.8 Å². The number of rotatable bonds is 4. The van der Waals surface area contributed by atoms with Gasteiger partial charge >= 0.3 is 0 Å². The van der Waals surface area contributed by atoms with Crippen molar-refractivity contribution in [3.8, 4) is 11.8 Å². The fraction of sp³-hybridized carbons (Fsp3) is 0.706. The molecule has 9 heteroatoms. The molecule has 142 valence electrons. The van der Waals surface area contributed by atoms with Crippen LogP contribution in [-0.2, 0) is 4.74 Å². The third kappa shape index (κ3) is 3.11. The summed E-state index contributed by atoms with van der Waals surface area (Å²) in [6.45, 7) is 3.82. The van der Waals surface area contributed by atoms with Crippen LogP contribution in [0.3, 0.4) is 0 Å². The minimum Gasteiger partial charge on any atom is -0.388 e. The maximum atomic E-state index is 10.3. The topological polar surface area (TPSA) is 116 Å². The molecule has 3 heterocycles. The maximum absolute atomic E-state index is 10.3. The number of nitrogens with zero attached hydrogens (tertiary/aromatic N) is 4. The third-order valence-electron chi connectivity index (χ3n) is 4.70. The van der Waals surface area contributed by atoms with Gasteiger partial charge in [-0.15, -0.1) is 11.8 Å². The highest BCUT2D eigenvalue weighted by Gasteiger charge is 2.54. The van der Waals surface area contributed by atoms with Crippen molar-refractivity contribution in [2.24, 2.45) is 20.7 Å². The molecule has 0 aromatic heterocycles. The average Bonchev–Trinajstić information content (AvgIpc) is 3.12. The summed E-state index contributed by atoms with van der Waals surface area (Å²) in [6, 6.07) is 0. The number of aliphatic hydroxyl groups excluding tert-OH is 2. The van der Waals surface area contributed by atoms with Crippen molar-refractivity contribution in [2.45, 2.75) is 68.7 Å². The van der Waals surface area contributed by atoms with Crippen LogP contribution in [0.5, 0.6) is 0 Å². The summed E-state index contributed by atoms with van der Waals surface area (Å²) in [5, 5.41) is 20.4. The summed E-state index contributed by atoms with van der Waals surface area (Å²) in [6.07, 6.45) is 2.37. The molecular weight excluding hydrogens is 354 g/mol. The molecule has 3 aliphatic rings. The Labute approximate surface area is 157 Å². The molecule has 0 saturated carbocycles. The van der Waals surface area contributed by atoms with E-state index >= 15 is 0 Å². The SMILES string of the molecule is CCCCC#CC1N=C(N)C2(SC)N=CN([C@@H]3O[C@H](C)[C@@H](O)[C@H]3O)C2=N1. The average molecular weight is 379 g/mol. The Morgan fingerprint density at radius 2 is 2.15 bits per heavy atom. The largest absolute Gasteiger partial charge is 0.388 e. The predicted molar refractivity (Wildman–Crippen MR) is 103 cm³/mol. The summed E-state index contributed by atoms with van der Waals surface area (Å²) in [7, 11) is 0. The van der Waals surface area contributed by atoms with E-state index in [1.54, 1.807) is 18.2 Å². The smallest absolute Gasteiger partial charge is 0.221 e. The monoisotopic (exact) mass is 379 g/mol. The van der Waals surface area contributed by atoms with Crippen molar-refractivity contribution in [1.82, 2.24) is 4.90 Å². The van der Waals surface area contributed by atoms with Gasteiger partial charge in [-0.1, -0.05) is 25.2 Å². The summed E-state index contributed by atoms with van der Waals surface area (Å²) in [5.41, 5.74) is 6.22. The zero-order valence-corrected chi connectivity index (χ0v) is 16.0. The normalized spacial score (nSPS) is 38.5. The number of aliphatic imine (C=N–C) groups is 3. The van der Waals surface area contributed by atoms with Gasteiger partial charge in [0, 0.05) is 6.42 Å². The minimum absolute atomic E-state index is 0.324. The van der Waals surface area contributed by atoms with Gasteiger partial charge in [0.2, 0.25) is 11.0 Å². The lowest BCUT2D eigenvalue weighted by Crippen LogP contribution is -2.55. The van der Waals surface area contributed by atoms with E-state index in [-0.39, 0.29) is 0 Å². The highest BCUT2D eigenvalue weighted by molar-refractivity contribution is 8.01. The lowest BCUT2D eigenvalue weighted by molar-refractivity contribution is -0.0308. The van der Waals surface area contributed by atoms with E-state index in [9.17, 15) is 10.2 Å². The van der Waals surface area contributed by atoms with E-state index in [1.807, 2.05) is 6.26 Å². The Kier molecular flexibility index (Phi) is 5.58. The van der Waals surface area contributed by atoms with E-state index in [0.717, 1.165) is 19.3 Å². The van der Waals surface area contributed by atoms with E-state index in [2.05, 4.69) is 33.7 Å². The molecule has 8 nitrogen and oxygen atoms in total. The van der Waals surface area contributed by atoms with Gasteiger partial charge in [0.15, 0.2) is 12.1 Å². The Bertz CT molecular complexity index is 700. The molecule has 3 aliphatic heterocycles. The van der Waals surface area contributed by atoms with Crippen LogP contribution in [0.25, 0.3) is 0 Å². The van der Waals surface area contributed by atoms with E-state index in [0.29, 0.717) is 11.7 Å². The van der Waals surface area contributed by atoms with Gasteiger partial charge in [-0.25, -0.2) is 15.0 Å². The number of ether oxygens (including phenoxy) is 1. The summed E-state index contributed by atoms with van der Waals surface area (Å²) >= 11 is 1.40. The zero-order valence-electron chi connectivity index (χ0n) is 15.2. The van der Waals surface area contributed by atoms with E-state index in [1.165, 1.54) is 11.8 Å². The number of hydrogen-bond acceptors (Lipinski definition) is 9. The van der Waals surface area contributed by atoms with Crippen molar-refractivity contribution >= 4 is 29.8 Å². The van der Waals surface area contributed by atoms with Crippen LogP contribution in [0.2, 0.25) is 0 Å². The predicted octanol–water partition coefficient (Wildman–Crippen LogP) is 0.145. The number of nitrogens with two attached hydrogens (primary N) is 1. The Balaban J connectivity index is 1.89. The number of amidine groups is 2. The summed E-state index contributed by atoms with van der Waals surface area (Å²) in [4.78, 5) is 14.2. The van der Waals surface area contributed by atoms with Crippen LogP contribution in [0.4, 0.5) is 0 Å². The zero-order chi connectivity index (χ0) is 18.9. The van der Waals surface area contributed by atoms with Crippen LogP contribution in [0.1, 0.15) is 33.1 Å². The van der Waals surface area contributed by atoms with Crippen molar-refractivity contribution < 1.29 is 14.9 Å². The maximum Gasteiger partial charge on any atom is 0.221 e. The fourth-order valence-corrected chi connectivity index (χ4v) is 3.87. The quantitative estimate of drug-likeness (QED) is 0.473. The van der Waals surface area contributed by atoms with Crippen LogP contribution < -0.4 is 5.73 Å². The third-order valence-corrected chi connectivity index (χ3v) is 5.79. The van der Waals surface area contributed by atoms with Crippen molar-refractivity contribution in [1.29, 1.82) is 0 Å². The minimum atomic E-state index is -1.08. The highest BCUT2D eigenvalue weighted by atomic mass is 32.2. The lowest BCUT2D eigenvalue weighted by atomic mass is 10.1. The fourth-order valence-electron chi connectivity index (χ4n) is 3.12. The molecule has 3 rings (SSSR count). The van der Waals surface area contributed by atoms with Crippen LogP contribution in [0.15, 0.2) is 15.0 Å². The molecule has 1 saturated heterocycles. The molecule has 1 fully saturated rings. The molecule has 0 aliphatic carbocycles. The van der Waals surface area contributed by atoms with Gasteiger partial charge < -0.3 is 20.7 Å². The first-order valence-electron chi connectivity index (χ1n) is 8.75. The van der Waals surface area contributed by atoms with Gasteiger partial charge in [-0.3, -0.25) is 4.90 Å². The molecule has 4 N–H and O–H groups in total. The van der Waals surface area contributed by atoms with Crippen molar-refractivity contribution in [2.75, 3.05) is 6.26 Å². The second-order valence-electron chi connectivity index (χ2n) is 6.48. The molecular formula is C17H25N5O3S. The first-order chi connectivity index (χ1) is 12.4. The van der Waals surface area contributed by atoms with Gasteiger partial charge in [-0.2, -0.15) is 0 Å². The standard InChI is InChI=1S/C17H25N5O3S/c1-4-5-6-7-8-11-20-15(18)17(26-3)16(21-11)22(9-19-17)14-13(24)12(23)10(2)25-14/h9-14,23-24H,4-6H2,1-3H3,(H2,18,20)/t10-,11?,12-,13-,14-,17?/m1/s1. The molecule has 6 atom stereocenters. The first kappa shape index (κ1) is 19.2. The number of unbranched alkanes of at least 4 members (excludes halogenated alkanes) is 2. The van der Waals surface area contributed by atoms with Crippen LogP contribution in [0, 0.1) is 11.8 Å². The van der Waals surface area contributed by atoms with Gasteiger partial charge in [0.25, 0.3) is 0 Å². The molecule has 0 radical (unpaired) electrons. The molecule has 0 amide bonds. The summed E-state index contributed by atoms with van der Waals surface area (Å²) in [5.74, 6) is 6.97. The Morgan fingerprint density at radius 1 is 1.38 bits per heavy atom. The molecule has 0 spiro atoms. The number of aliphatic hydroxyl groups is 2. The molecule has 0 aromatic rings. The van der Waals surface area contributed by atoms with Crippen molar-refractivity contribution in [3.05, 3.63) is 0 Å². The molecule has 0 aromatic carbocycles. The van der Waals surface area contributed by atoms with Crippen molar-refractivity contribution in [3.63, 3.8) is 0 Å².